The molecule has 0 aliphatic heterocycles. The third kappa shape index (κ3) is 7.24. The Morgan fingerprint density at radius 3 is 2.15 bits per heavy atom. The lowest BCUT2D eigenvalue weighted by molar-refractivity contribution is -0.117. The summed E-state index contributed by atoms with van der Waals surface area (Å²) in [6.45, 7) is 15.3. The van der Waals surface area contributed by atoms with Crippen LogP contribution in [0.25, 0.3) is 0 Å². The van der Waals surface area contributed by atoms with E-state index >= 15 is 0 Å². The molecule has 0 bridgehead atoms. The van der Waals surface area contributed by atoms with Gasteiger partial charge in [-0.3, -0.25) is 20.4 Å². The minimum Gasteiger partial charge on any atom is -0.490 e. The molecule has 0 radical (unpaired) electrons. The number of hydrazine groups is 1. The van der Waals surface area contributed by atoms with Crippen molar-refractivity contribution in [3.05, 3.63) is 53.6 Å². The van der Waals surface area contributed by atoms with Crippen LogP contribution in [0.2, 0.25) is 0 Å². The van der Waals surface area contributed by atoms with Crippen molar-refractivity contribution in [1.29, 1.82) is 0 Å². The second-order valence-corrected chi connectivity index (χ2v) is 9.83. The van der Waals surface area contributed by atoms with E-state index in [9.17, 15) is 9.59 Å². The lowest BCUT2D eigenvalue weighted by Crippen LogP contribution is -2.25. The van der Waals surface area contributed by atoms with E-state index in [-0.39, 0.29) is 29.3 Å². The number of anilines is 2. The van der Waals surface area contributed by atoms with E-state index in [1.807, 2.05) is 6.92 Å². The Bertz CT molecular complexity index is 936. The van der Waals surface area contributed by atoms with Crippen LogP contribution in [0, 0.1) is 0 Å². The lowest BCUT2D eigenvalue weighted by Gasteiger charge is -2.31. The van der Waals surface area contributed by atoms with Gasteiger partial charge in [0.25, 0.3) is 0 Å². The number of rotatable bonds is 12. The summed E-state index contributed by atoms with van der Waals surface area (Å²) >= 11 is 0. The van der Waals surface area contributed by atoms with E-state index in [1.54, 1.807) is 24.3 Å². The van der Waals surface area contributed by atoms with Crippen molar-refractivity contribution in [2.45, 2.75) is 84.7 Å². The SMILES string of the molecule is CCC(C)(C)c1ccc(OC(C)CC(=O)Nc2ccc(NNC=O)cc2)c(C(C)(C)CC)c1. The Labute approximate surface area is 198 Å². The van der Waals surface area contributed by atoms with Gasteiger partial charge in [-0.2, -0.15) is 0 Å². The molecule has 2 amide bonds. The van der Waals surface area contributed by atoms with Crippen LogP contribution in [-0.4, -0.2) is 18.4 Å². The molecule has 3 N–H and O–H groups in total. The molecule has 0 fully saturated rings. The first-order chi connectivity index (χ1) is 15.5. The fraction of sp³-hybridized carbons (Fsp3) is 0.481. The fourth-order valence-electron chi connectivity index (χ4n) is 3.46. The van der Waals surface area contributed by atoms with E-state index in [1.165, 1.54) is 11.1 Å². The summed E-state index contributed by atoms with van der Waals surface area (Å²) in [5.41, 5.74) is 9.05. The van der Waals surface area contributed by atoms with Gasteiger partial charge in [0.15, 0.2) is 0 Å². The van der Waals surface area contributed by atoms with Crippen molar-refractivity contribution in [3.63, 3.8) is 0 Å². The minimum absolute atomic E-state index is 0.0361. The molecular weight excluding hydrogens is 414 g/mol. The second-order valence-electron chi connectivity index (χ2n) is 9.83. The van der Waals surface area contributed by atoms with E-state index < -0.39 is 0 Å². The highest BCUT2D eigenvalue weighted by atomic mass is 16.5. The number of nitrogens with one attached hydrogen (secondary N) is 3. The average Bonchev–Trinajstić information content (AvgIpc) is 2.78. The van der Waals surface area contributed by atoms with Gasteiger partial charge in [0.05, 0.1) is 12.1 Å². The van der Waals surface area contributed by atoms with Crippen LogP contribution in [-0.2, 0) is 20.4 Å². The van der Waals surface area contributed by atoms with Gasteiger partial charge < -0.3 is 10.1 Å². The highest BCUT2D eigenvalue weighted by Crippen LogP contribution is 2.39. The van der Waals surface area contributed by atoms with Crippen molar-refractivity contribution in [2.24, 2.45) is 0 Å². The molecule has 6 nitrogen and oxygen atoms in total. The van der Waals surface area contributed by atoms with Gasteiger partial charge in [0, 0.05) is 11.3 Å². The molecule has 0 aliphatic rings. The summed E-state index contributed by atoms with van der Waals surface area (Å²) in [5, 5.41) is 2.90. The first-order valence-corrected chi connectivity index (χ1v) is 11.7. The van der Waals surface area contributed by atoms with Crippen LogP contribution < -0.4 is 20.9 Å². The maximum Gasteiger partial charge on any atom is 0.228 e. The van der Waals surface area contributed by atoms with E-state index in [0.717, 1.165) is 24.3 Å². The monoisotopic (exact) mass is 453 g/mol. The van der Waals surface area contributed by atoms with Crippen molar-refractivity contribution < 1.29 is 14.3 Å². The summed E-state index contributed by atoms with van der Waals surface area (Å²) in [6.07, 6.45) is 2.56. The Balaban J connectivity index is 2.09. The molecule has 2 aromatic rings. The predicted octanol–water partition coefficient (Wildman–Crippen LogP) is 5.93. The Hall–Kier alpha value is -3.02. The number of carbonyl (C=O) groups excluding carboxylic acids is 2. The van der Waals surface area contributed by atoms with Crippen molar-refractivity contribution in [2.75, 3.05) is 10.7 Å². The maximum absolute atomic E-state index is 12.6. The van der Waals surface area contributed by atoms with Crippen LogP contribution >= 0.6 is 0 Å². The van der Waals surface area contributed by atoms with E-state index in [2.05, 4.69) is 75.9 Å². The summed E-state index contributed by atoms with van der Waals surface area (Å²) in [5.74, 6) is 0.727. The minimum atomic E-state index is -0.279. The molecule has 33 heavy (non-hydrogen) atoms. The molecule has 1 unspecified atom stereocenters. The van der Waals surface area contributed by atoms with Crippen molar-refractivity contribution >= 4 is 23.7 Å². The Morgan fingerprint density at radius 1 is 0.970 bits per heavy atom. The zero-order chi connectivity index (χ0) is 24.6. The van der Waals surface area contributed by atoms with Crippen molar-refractivity contribution in [1.82, 2.24) is 5.43 Å². The fourth-order valence-corrected chi connectivity index (χ4v) is 3.46. The topological polar surface area (TPSA) is 79.5 Å². The van der Waals surface area contributed by atoms with Crippen LogP contribution in [0.4, 0.5) is 11.4 Å². The number of ether oxygens (including phenoxy) is 1. The zero-order valence-electron chi connectivity index (χ0n) is 21.0. The number of carbonyl (C=O) groups is 2. The predicted molar refractivity (Wildman–Crippen MR) is 136 cm³/mol. The summed E-state index contributed by atoms with van der Waals surface area (Å²) < 4.78 is 6.29. The van der Waals surface area contributed by atoms with Crippen LogP contribution in [0.15, 0.2) is 42.5 Å². The standard InChI is InChI=1S/C27H39N3O3/c1-8-26(4,5)20-10-15-24(23(17-20)27(6,7)9-2)33-19(3)16-25(32)29-21-11-13-22(14-12-21)30-28-18-31/h10-15,17-19,30H,8-9,16H2,1-7H3,(H,28,31)(H,29,32). The highest BCUT2D eigenvalue weighted by molar-refractivity contribution is 5.91. The smallest absolute Gasteiger partial charge is 0.228 e. The van der Waals surface area contributed by atoms with Gasteiger partial charge in [-0.25, -0.2) is 0 Å². The van der Waals surface area contributed by atoms with Gasteiger partial charge in [0.1, 0.15) is 11.9 Å². The molecule has 1 atom stereocenters. The maximum atomic E-state index is 12.6. The third-order valence-electron chi connectivity index (χ3n) is 6.50. The summed E-state index contributed by atoms with van der Waals surface area (Å²) in [6, 6.07) is 13.6. The molecule has 0 aromatic heterocycles. The molecular formula is C27H39N3O3. The largest absolute Gasteiger partial charge is 0.490 e. The molecule has 2 rings (SSSR count). The molecule has 0 saturated heterocycles. The molecule has 0 aliphatic carbocycles. The first-order valence-electron chi connectivity index (χ1n) is 11.7. The van der Waals surface area contributed by atoms with Gasteiger partial charge in [-0.1, -0.05) is 53.7 Å². The molecule has 0 saturated carbocycles. The first kappa shape index (κ1) is 26.2. The van der Waals surface area contributed by atoms with Crippen molar-refractivity contribution in [3.8, 4) is 5.75 Å². The molecule has 0 spiro atoms. The number of hydrogen-bond donors (Lipinski definition) is 3. The average molecular weight is 454 g/mol. The summed E-state index contributed by atoms with van der Waals surface area (Å²) in [4.78, 5) is 22.9. The van der Waals surface area contributed by atoms with Crippen LogP contribution in [0.3, 0.4) is 0 Å². The Morgan fingerprint density at radius 2 is 1.58 bits per heavy atom. The molecule has 6 heteroatoms. The normalized spacial score (nSPS) is 12.6. The summed E-state index contributed by atoms with van der Waals surface area (Å²) in [7, 11) is 0. The Kier molecular flexibility index (Phi) is 8.91. The second kappa shape index (κ2) is 11.2. The molecule has 0 heterocycles. The van der Waals surface area contributed by atoms with Crippen LogP contribution in [0.1, 0.15) is 78.9 Å². The quantitative estimate of drug-likeness (QED) is 0.275. The number of benzene rings is 2. The van der Waals surface area contributed by atoms with E-state index in [4.69, 9.17) is 4.74 Å². The van der Waals surface area contributed by atoms with Gasteiger partial charge in [0.2, 0.25) is 12.3 Å². The van der Waals surface area contributed by atoms with E-state index in [0.29, 0.717) is 12.1 Å². The van der Waals surface area contributed by atoms with Crippen LogP contribution in [0.5, 0.6) is 5.75 Å². The lowest BCUT2D eigenvalue weighted by atomic mass is 9.76. The molecule has 2 aromatic carbocycles. The van der Waals surface area contributed by atoms with Gasteiger partial charge >= 0.3 is 0 Å². The van der Waals surface area contributed by atoms with Gasteiger partial charge in [-0.05, 0) is 66.5 Å². The van der Waals surface area contributed by atoms with Gasteiger partial charge in [-0.15, -0.1) is 0 Å². The number of amides is 2. The molecule has 180 valence electrons. The highest BCUT2D eigenvalue weighted by Gasteiger charge is 2.27. The number of hydrogen-bond acceptors (Lipinski definition) is 4. The third-order valence-corrected chi connectivity index (χ3v) is 6.50. The zero-order valence-corrected chi connectivity index (χ0v) is 21.0.